The van der Waals surface area contributed by atoms with Crippen LogP contribution in [0.3, 0.4) is 0 Å². The van der Waals surface area contributed by atoms with Crippen LogP contribution in [0.15, 0.2) is 47.4 Å². The number of benzene rings is 2. The van der Waals surface area contributed by atoms with Gasteiger partial charge in [-0.15, -0.1) is 0 Å². The summed E-state index contributed by atoms with van der Waals surface area (Å²) in [6.45, 7) is 1.10. The molecule has 0 spiro atoms. The summed E-state index contributed by atoms with van der Waals surface area (Å²) in [7, 11) is 1.17. The number of nitrogens with zero attached hydrogens (tertiary/aromatic N) is 1. The van der Waals surface area contributed by atoms with Gasteiger partial charge in [-0.3, -0.25) is 4.79 Å². The highest BCUT2D eigenvalue weighted by Crippen LogP contribution is 2.26. The predicted octanol–water partition coefficient (Wildman–Crippen LogP) is 2.47. The van der Waals surface area contributed by atoms with Gasteiger partial charge in [0.1, 0.15) is 17.2 Å². The Hall–Kier alpha value is -2.78. The molecular formula is C23H30N2O6S. The van der Waals surface area contributed by atoms with E-state index in [1.54, 1.807) is 38.5 Å². The summed E-state index contributed by atoms with van der Waals surface area (Å²) in [4.78, 5) is 12.8. The molecule has 1 heterocycles. The summed E-state index contributed by atoms with van der Waals surface area (Å²) in [5.74, 6) is 1.83. The second-order valence-corrected chi connectivity index (χ2v) is 9.51. The molecule has 174 valence electrons. The van der Waals surface area contributed by atoms with Crippen molar-refractivity contribution in [3.8, 4) is 17.2 Å². The molecule has 1 saturated heterocycles. The van der Waals surface area contributed by atoms with Crippen LogP contribution in [-0.4, -0.2) is 59.6 Å². The molecule has 0 radical (unpaired) electrons. The van der Waals surface area contributed by atoms with E-state index in [1.807, 2.05) is 18.2 Å². The van der Waals surface area contributed by atoms with Crippen molar-refractivity contribution in [2.75, 3.05) is 41.0 Å². The number of sulfonamides is 1. The fourth-order valence-corrected chi connectivity index (χ4v) is 5.27. The van der Waals surface area contributed by atoms with Crippen LogP contribution in [0.5, 0.6) is 17.2 Å². The first kappa shape index (κ1) is 23.9. The molecule has 9 heteroatoms. The van der Waals surface area contributed by atoms with E-state index in [4.69, 9.17) is 14.2 Å². The molecular weight excluding hydrogens is 432 g/mol. The van der Waals surface area contributed by atoms with Gasteiger partial charge in [-0.25, -0.2) is 8.42 Å². The van der Waals surface area contributed by atoms with Gasteiger partial charge in [0.15, 0.2) is 0 Å². The lowest BCUT2D eigenvalue weighted by Crippen LogP contribution is -2.43. The van der Waals surface area contributed by atoms with Crippen molar-refractivity contribution in [1.29, 1.82) is 0 Å². The SMILES string of the molecule is COc1ccc(S(=O)(=O)N2CCC(C(=O)NCCc3cc(OC)ccc3OC)CC2)cc1. The first-order valence-electron chi connectivity index (χ1n) is 10.5. The summed E-state index contributed by atoms with van der Waals surface area (Å²) in [6, 6.07) is 11.9. The topological polar surface area (TPSA) is 94.2 Å². The van der Waals surface area contributed by atoms with E-state index in [9.17, 15) is 13.2 Å². The van der Waals surface area contributed by atoms with Gasteiger partial charge < -0.3 is 19.5 Å². The van der Waals surface area contributed by atoms with Crippen molar-refractivity contribution in [2.24, 2.45) is 5.92 Å². The molecule has 2 aromatic rings. The lowest BCUT2D eigenvalue weighted by Gasteiger charge is -2.30. The Balaban J connectivity index is 1.51. The number of rotatable bonds is 9. The van der Waals surface area contributed by atoms with Gasteiger partial charge in [0.05, 0.1) is 26.2 Å². The Labute approximate surface area is 189 Å². The maximum atomic E-state index is 12.9. The molecule has 2 aromatic carbocycles. The summed E-state index contributed by atoms with van der Waals surface area (Å²) in [6.07, 6.45) is 1.59. The van der Waals surface area contributed by atoms with Gasteiger partial charge in [-0.05, 0) is 67.3 Å². The number of hydrogen-bond donors (Lipinski definition) is 1. The van der Waals surface area contributed by atoms with Crippen LogP contribution in [0.4, 0.5) is 0 Å². The van der Waals surface area contributed by atoms with Gasteiger partial charge in [-0.1, -0.05) is 0 Å². The van der Waals surface area contributed by atoms with E-state index in [1.165, 1.54) is 11.4 Å². The highest BCUT2D eigenvalue weighted by Gasteiger charge is 2.32. The van der Waals surface area contributed by atoms with E-state index in [-0.39, 0.29) is 16.7 Å². The largest absolute Gasteiger partial charge is 0.497 e. The number of nitrogens with one attached hydrogen (secondary N) is 1. The minimum absolute atomic E-state index is 0.0478. The Morgan fingerprint density at radius 3 is 2.19 bits per heavy atom. The number of methoxy groups -OCH3 is 3. The predicted molar refractivity (Wildman–Crippen MR) is 121 cm³/mol. The first-order valence-corrected chi connectivity index (χ1v) is 12.0. The van der Waals surface area contributed by atoms with E-state index in [0.717, 1.165) is 17.1 Å². The van der Waals surface area contributed by atoms with Gasteiger partial charge >= 0.3 is 0 Å². The van der Waals surface area contributed by atoms with Crippen LogP contribution in [0.25, 0.3) is 0 Å². The Kier molecular flexibility index (Phi) is 7.98. The lowest BCUT2D eigenvalue weighted by atomic mass is 9.97. The van der Waals surface area contributed by atoms with Crippen molar-refractivity contribution >= 4 is 15.9 Å². The van der Waals surface area contributed by atoms with E-state index >= 15 is 0 Å². The molecule has 3 rings (SSSR count). The molecule has 1 aliphatic heterocycles. The van der Waals surface area contributed by atoms with Gasteiger partial charge in [-0.2, -0.15) is 4.31 Å². The molecule has 0 saturated carbocycles. The van der Waals surface area contributed by atoms with Crippen LogP contribution in [0.2, 0.25) is 0 Å². The fourth-order valence-electron chi connectivity index (χ4n) is 3.80. The van der Waals surface area contributed by atoms with E-state index in [2.05, 4.69) is 5.32 Å². The Morgan fingerprint density at radius 1 is 0.969 bits per heavy atom. The molecule has 0 aromatic heterocycles. The summed E-state index contributed by atoms with van der Waals surface area (Å²) in [5, 5.41) is 2.97. The average Bonchev–Trinajstić information content (AvgIpc) is 2.84. The minimum atomic E-state index is -3.58. The number of amides is 1. The van der Waals surface area contributed by atoms with Crippen LogP contribution < -0.4 is 19.5 Å². The van der Waals surface area contributed by atoms with Crippen LogP contribution in [0, 0.1) is 5.92 Å². The third kappa shape index (κ3) is 5.52. The lowest BCUT2D eigenvalue weighted by molar-refractivity contribution is -0.126. The highest BCUT2D eigenvalue weighted by atomic mass is 32.2. The van der Waals surface area contributed by atoms with Gasteiger partial charge in [0.2, 0.25) is 15.9 Å². The molecule has 0 atom stereocenters. The van der Waals surface area contributed by atoms with Crippen molar-refractivity contribution in [3.05, 3.63) is 48.0 Å². The maximum Gasteiger partial charge on any atom is 0.243 e. The zero-order valence-corrected chi connectivity index (χ0v) is 19.5. The molecule has 8 nitrogen and oxygen atoms in total. The van der Waals surface area contributed by atoms with E-state index < -0.39 is 10.0 Å². The Morgan fingerprint density at radius 2 is 1.59 bits per heavy atom. The normalized spacial score (nSPS) is 15.2. The number of carbonyl (C=O) groups excluding carboxylic acids is 1. The Bertz CT molecular complexity index is 1020. The zero-order valence-electron chi connectivity index (χ0n) is 18.7. The van der Waals surface area contributed by atoms with Gasteiger partial charge in [0.25, 0.3) is 0 Å². The van der Waals surface area contributed by atoms with Crippen molar-refractivity contribution in [3.63, 3.8) is 0 Å². The second-order valence-electron chi connectivity index (χ2n) is 7.57. The smallest absolute Gasteiger partial charge is 0.243 e. The van der Waals surface area contributed by atoms with Crippen molar-refractivity contribution < 1.29 is 27.4 Å². The first-order chi connectivity index (χ1) is 15.4. The van der Waals surface area contributed by atoms with Crippen molar-refractivity contribution in [1.82, 2.24) is 9.62 Å². The summed E-state index contributed by atoms with van der Waals surface area (Å²) < 4.78 is 42.9. The molecule has 0 unspecified atom stereocenters. The molecule has 1 aliphatic rings. The summed E-state index contributed by atoms with van der Waals surface area (Å²) in [5.41, 5.74) is 0.951. The number of piperidine rings is 1. The molecule has 1 fully saturated rings. The van der Waals surface area contributed by atoms with Crippen LogP contribution in [0.1, 0.15) is 18.4 Å². The molecule has 1 N–H and O–H groups in total. The quantitative estimate of drug-likeness (QED) is 0.615. The standard InChI is InChI=1S/C23H30N2O6S/c1-29-19-4-7-21(8-5-19)32(27,28)25-14-11-17(12-15-25)23(26)24-13-10-18-16-20(30-2)6-9-22(18)31-3/h4-9,16-17H,10-15H2,1-3H3,(H,24,26). The highest BCUT2D eigenvalue weighted by molar-refractivity contribution is 7.89. The number of ether oxygens (including phenoxy) is 3. The molecule has 32 heavy (non-hydrogen) atoms. The van der Waals surface area contributed by atoms with Crippen LogP contribution >= 0.6 is 0 Å². The van der Waals surface area contributed by atoms with Crippen molar-refractivity contribution in [2.45, 2.75) is 24.2 Å². The molecule has 0 aliphatic carbocycles. The van der Waals surface area contributed by atoms with Crippen LogP contribution in [-0.2, 0) is 21.2 Å². The third-order valence-electron chi connectivity index (χ3n) is 5.70. The minimum Gasteiger partial charge on any atom is -0.497 e. The van der Waals surface area contributed by atoms with E-state index in [0.29, 0.717) is 44.6 Å². The van der Waals surface area contributed by atoms with Gasteiger partial charge in [0, 0.05) is 25.6 Å². The zero-order chi connectivity index (χ0) is 23.1. The average molecular weight is 463 g/mol. The third-order valence-corrected chi connectivity index (χ3v) is 7.62. The molecule has 1 amide bonds. The monoisotopic (exact) mass is 462 g/mol. The maximum absolute atomic E-state index is 12.9. The second kappa shape index (κ2) is 10.7. The molecule has 0 bridgehead atoms. The summed E-state index contributed by atoms with van der Waals surface area (Å²) >= 11 is 0. The number of hydrogen-bond acceptors (Lipinski definition) is 6. The fraction of sp³-hybridized carbons (Fsp3) is 0.435. The number of carbonyl (C=O) groups is 1.